The van der Waals surface area contributed by atoms with Gasteiger partial charge in [-0.1, -0.05) is 23.1 Å². The summed E-state index contributed by atoms with van der Waals surface area (Å²) in [5.41, 5.74) is 6.95. The van der Waals surface area contributed by atoms with E-state index in [1.165, 1.54) is 0 Å². The maximum Gasteiger partial charge on any atom is 0.174 e. The van der Waals surface area contributed by atoms with E-state index in [2.05, 4.69) is 31.5 Å². The standard InChI is InChI=1S/C14H20N6S2/c1-9-19-20-14(22-9)21-4-2-3-16-13-7-12(17-8-18-13)10-5-11(15)6-10/h7-8,10-11H,2-6,15H2,1H3,(H,16,17,18). The van der Waals surface area contributed by atoms with Crippen LogP contribution in [-0.4, -0.2) is 38.5 Å². The van der Waals surface area contributed by atoms with Crippen LogP contribution in [0.3, 0.4) is 0 Å². The predicted octanol–water partition coefficient (Wildman–Crippen LogP) is 2.44. The lowest BCUT2D eigenvalue weighted by Crippen LogP contribution is -2.35. The molecule has 22 heavy (non-hydrogen) atoms. The van der Waals surface area contributed by atoms with Gasteiger partial charge < -0.3 is 11.1 Å². The molecule has 2 aromatic rings. The third-order valence-corrected chi connectivity index (χ3v) is 5.70. The van der Waals surface area contributed by atoms with E-state index in [9.17, 15) is 0 Å². The van der Waals surface area contributed by atoms with Gasteiger partial charge in [0.15, 0.2) is 4.34 Å². The number of hydrogen-bond acceptors (Lipinski definition) is 8. The second kappa shape index (κ2) is 7.34. The van der Waals surface area contributed by atoms with Gasteiger partial charge in [-0.15, -0.1) is 10.2 Å². The van der Waals surface area contributed by atoms with Gasteiger partial charge in [-0.2, -0.15) is 0 Å². The summed E-state index contributed by atoms with van der Waals surface area (Å²) in [5, 5.41) is 12.5. The Bertz CT molecular complexity index is 611. The molecule has 2 heterocycles. The summed E-state index contributed by atoms with van der Waals surface area (Å²) in [6.07, 6.45) is 4.76. The molecule has 8 heteroatoms. The van der Waals surface area contributed by atoms with E-state index >= 15 is 0 Å². The highest BCUT2D eigenvalue weighted by atomic mass is 32.2. The largest absolute Gasteiger partial charge is 0.370 e. The van der Waals surface area contributed by atoms with Crippen LogP contribution < -0.4 is 11.1 Å². The zero-order valence-corrected chi connectivity index (χ0v) is 14.2. The van der Waals surface area contributed by atoms with Crippen molar-refractivity contribution in [3.63, 3.8) is 0 Å². The molecule has 0 atom stereocenters. The van der Waals surface area contributed by atoms with Crippen LogP contribution >= 0.6 is 23.1 Å². The lowest BCUT2D eigenvalue weighted by molar-refractivity contribution is 0.345. The Labute approximate surface area is 138 Å². The molecular formula is C14H20N6S2. The highest BCUT2D eigenvalue weighted by Crippen LogP contribution is 2.34. The van der Waals surface area contributed by atoms with E-state index in [-0.39, 0.29) is 0 Å². The van der Waals surface area contributed by atoms with Gasteiger partial charge in [0.25, 0.3) is 0 Å². The van der Waals surface area contributed by atoms with Crippen LogP contribution in [0.2, 0.25) is 0 Å². The molecule has 118 valence electrons. The fourth-order valence-electron chi connectivity index (χ4n) is 2.38. The van der Waals surface area contributed by atoms with Crippen LogP contribution in [0.15, 0.2) is 16.7 Å². The highest BCUT2D eigenvalue weighted by Gasteiger charge is 2.28. The molecule has 1 aliphatic rings. The molecule has 0 aromatic carbocycles. The summed E-state index contributed by atoms with van der Waals surface area (Å²) < 4.78 is 1.04. The Hall–Kier alpha value is -1.25. The molecule has 0 unspecified atom stereocenters. The van der Waals surface area contributed by atoms with Gasteiger partial charge in [0, 0.05) is 36.0 Å². The normalized spacial score (nSPS) is 20.6. The third-order valence-electron chi connectivity index (χ3n) is 3.64. The number of nitrogens with two attached hydrogens (primary N) is 1. The van der Waals surface area contributed by atoms with Gasteiger partial charge in [0.2, 0.25) is 0 Å². The van der Waals surface area contributed by atoms with Crippen molar-refractivity contribution in [2.75, 3.05) is 17.6 Å². The Balaban J connectivity index is 1.39. The van der Waals surface area contributed by atoms with Gasteiger partial charge in [-0.3, -0.25) is 0 Å². The van der Waals surface area contributed by atoms with Gasteiger partial charge in [-0.25, -0.2) is 9.97 Å². The summed E-state index contributed by atoms with van der Waals surface area (Å²) in [4.78, 5) is 8.64. The first kappa shape index (κ1) is 15.6. The summed E-state index contributed by atoms with van der Waals surface area (Å²) >= 11 is 3.40. The smallest absolute Gasteiger partial charge is 0.174 e. The van der Waals surface area contributed by atoms with E-state index in [1.807, 2.05) is 6.92 Å². The Morgan fingerprint density at radius 3 is 2.95 bits per heavy atom. The molecule has 0 radical (unpaired) electrons. The molecule has 3 rings (SSSR count). The first-order chi connectivity index (χ1) is 10.7. The van der Waals surface area contributed by atoms with Crippen LogP contribution in [0.25, 0.3) is 0 Å². The van der Waals surface area contributed by atoms with Gasteiger partial charge in [0.05, 0.1) is 0 Å². The number of hydrogen-bond donors (Lipinski definition) is 2. The van der Waals surface area contributed by atoms with E-state index in [1.54, 1.807) is 29.4 Å². The second-order valence-corrected chi connectivity index (χ2v) is 8.00. The monoisotopic (exact) mass is 336 g/mol. The first-order valence-electron chi connectivity index (χ1n) is 7.45. The summed E-state index contributed by atoms with van der Waals surface area (Å²) in [5.74, 6) is 2.44. The molecule has 6 nitrogen and oxygen atoms in total. The number of anilines is 1. The Morgan fingerprint density at radius 1 is 1.36 bits per heavy atom. The third kappa shape index (κ3) is 4.15. The van der Waals surface area contributed by atoms with Crippen molar-refractivity contribution in [2.45, 2.75) is 42.5 Å². The molecule has 0 amide bonds. The average Bonchev–Trinajstić information content (AvgIpc) is 2.89. The van der Waals surface area contributed by atoms with Gasteiger partial charge in [0.1, 0.15) is 17.2 Å². The Morgan fingerprint density at radius 2 is 2.23 bits per heavy atom. The number of aromatic nitrogens is 4. The molecule has 1 saturated carbocycles. The summed E-state index contributed by atoms with van der Waals surface area (Å²) in [7, 11) is 0. The number of nitrogens with zero attached hydrogens (tertiary/aromatic N) is 4. The van der Waals surface area contributed by atoms with Crippen LogP contribution in [-0.2, 0) is 0 Å². The molecule has 0 saturated heterocycles. The van der Waals surface area contributed by atoms with E-state index in [0.717, 1.165) is 52.4 Å². The molecule has 1 aliphatic carbocycles. The summed E-state index contributed by atoms with van der Waals surface area (Å²) in [6.45, 7) is 2.87. The second-order valence-electron chi connectivity index (χ2n) is 5.47. The fraction of sp³-hybridized carbons (Fsp3) is 0.571. The van der Waals surface area contributed by atoms with E-state index in [0.29, 0.717) is 12.0 Å². The number of thioether (sulfide) groups is 1. The van der Waals surface area contributed by atoms with Crippen LogP contribution in [0.5, 0.6) is 0 Å². The molecule has 1 fully saturated rings. The fourth-order valence-corrected chi connectivity index (χ4v) is 4.21. The van der Waals surface area contributed by atoms with Crippen molar-refractivity contribution in [1.82, 2.24) is 20.2 Å². The summed E-state index contributed by atoms with van der Waals surface area (Å²) in [6, 6.07) is 2.40. The molecule has 0 spiro atoms. The Kier molecular flexibility index (Phi) is 5.22. The number of aryl methyl sites for hydroxylation is 1. The van der Waals surface area contributed by atoms with Crippen LogP contribution in [0.4, 0.5) is 5.82 Å². The SMILES string of the molecule is Cc1nnc(SCCCNc2cc(C3CC(N)C3)ncn2)s1. The molecular weight excluding hydrogens is 316 g/mol. The molecule has 0 aliphatic heterocycles. The maximum absolute atomic E-state index is 5.84. The van der Waals surface area contributed by atoms with Crippen molar-refractivity contribution in [1.29, 1.82) is 0 Å². The van der Waals surface area contributed by atoms with E-state index < -0.39 is 0 Å². The number of nitrogens with one attached hydrogen (secondary N) is 1. The van der Waals surface area contributed by atoms with Crippen molar-refractivity contribution in [3.05, 3.63) is 23.1 Å². The minimum Gasteiger partial charge on any atom is -0.370 e. The minimum atomic E-state index is 0.345. The van der Waals surface area contributed by atoms with Crippen molar-refractivity contribution in [2.24, 2.45) is 5.73 Å². The van der Waals surface area contributed by atoms with Crippen molar-refractivity contribution in [3.8, 4) is 0 Å². The topological polar surface area (TPSA) is 89.6 Å². The lowest BCUT2D eigenvalue weighted by Gasteiger charge is -2.31. The molecule has 3 N–H and O–H groups in total. The van der Waals surface area contributed by atoms with Crippen LogP contribution in [0, 0.1) is 6.92 Å². The van der Waals surface area contributed by atoms with Crippen molar-refractivity contribution >= 4 is 28.9 Å². The highest BCUT2D eigenvalue weighted by molar-refractivity contribution is 8.01. The van der Waals surface area contributed by atoms with Crippen LogP contribution in [0.1, 0.15) is 35.9 Å². The van der Waals surface area contributed by atoms with Crippen molar-refractivity contribution < 1.29 is 0 Å². The number of rotatable bonds is 7. The maximum atomic E-state index is 5.84. The zero-order chi connectivity index (χ0) is 15.4. The quantitative estimate of drug-likeness (QED) is 0.593. The lowest BCUT2D eigenvalue weighted by atomic mass is 9.79. The van der Waals surface area contributed by atoms with E-state index in [4.69, 9.17) is 5.73 Å². The zero-order valence-electron chi connectivity index (χ0n) is 12.5. The molecule has 0 bridgehead atoms. The predicted molar refractivity (Wildman–Crippen MR) is 90.5 cm³/mol. The van der Waals surface area contributed by atoms with Gasteiger partial charge in [-0.05, 0) is 26.2 Å². The first-order valence-corrected chi connectivity index (χ1v) is 9.25. The molecule has 2 aromatic heterocycles. The average molecular weight is 336 g/mol. The minimum absolute atomic E-state index is 0.345. The van der Waals surface area contributed by atoms with Gasteiger partial charge >= 0.3 is 0 Å².